The zero-order valence-corrected chi connectivity index (χ0v) is 17.3. The normalized spacial score (nSPS) is 12.1. The van der Waals surface area contributed by atoms with Gasteiger partial charge in [0.15, 0.2) is 29.0 Å². The number of rotatable bonds is 8. The summed E-state index contributed by atoms with van der Waals surface area (Å²) in [6.07, 6.45) is 2.72. The molecule has 174 valence electrons. The number of nitrogens with one attached hydrogen (secondary N) is 1. The molecule has 0 spiro atoms. The van der Waals surface area contributed by atoms with Gasteiger partial charge in [-0.25, -0.2) is 13.2 Å². The monoisotopic (exact) mass is 465 g/mol. The molecule has 2 aromatic rings. The van der Waals surface area contributed by atoms with Gasteiger partial charge in [-0.05, 0) is 30.7 Å². The maximum absolute atomic E-state index is 13.8. The highest BCUT2D eigenvalue weighted by Gasteiger charge is 2.23. The van der Waals surface area contributed by atoms with Gasteiger partial charge >= 0.3 is 0 Å². The van der Waals surface area contributed by atoms with Crippen LogP contribution in [0.1, 0.15) is 18.9 Å². The quantitative estimate of drug-likeness (QED) is 0.276. The van der Waals surface area contributed by atoms with Gasteiger partial charge in [-0.1, -0.05) is 6.92 Å². The summed E-state index contributed by atoms with van der Waals surface area (Å²) in [5.41, 5.74) is -0.798. The molecule has 12 heteroatoms. The van der Waals surface area contributed by atoms with Gasteiger partial charge < -0.3 is 19.7 Å². The van der Waals surface area contributed by atoms with Gasteiger partial charge in [-0.15, -0.1) is 0 Å². The fourth-order valence-electron chi connectivity index (χ4n) is 3.03. The van der Waals surface area contributed by atoms with E-state index in [1.165, 1.54) is 18.2 Å². The molecule has 0 atom stereocenters. The first-order valence-electron chi connectivity index (χ1n) is 9.69. The molecule has 0 saturated carbocycles. The number of nitrogens with zero attached hydrogens (tertiary/aromatic N) is 2. The zero-order valence-electron chi connectivity index (χ0n) is 17.3. The largest absolute Gasteiger partial charge is 0.454 e. The van der Waals surface area contributed by atoms with Crippen molar-refractivity contribution >= 4 is 29.3 Å². The summed E-state index contributed by atoms with van der Waals surface area (Å²) in [5.74, 6) is -5.70. The number of amides is 2. The van der Waals surface area contributed by atoms with Gasteiger partial charge in [0.05, 0.1) is 22.2 Å². The molecule has 3 rings (SSSR count). The Bertz CT molecular complexity index is 1140. The number of halogens is 3. The first kappa shape index (κ1) is 23.6. The van der Waals surface area contributed by atoms with Crippen LogP contribution in [0.2, 0.25) is 0 Å². The summed E-state index contributed by atoms with van der Waals surface area (Å²) in [4.78, 5) is 36.7. The Labute approximate surface area is 185 Å². The molecule has 0 radical (unpaired) electrons. The molecule has 2 aromatic carbocycles. The average molecular weight is 465 g/mol. The van der Waals surface area contributed by atoms with Crippen molar-refractivity contribution < 1.29 is 37.2 Å². The highest BCUT2D eigenvalue weighted by molar-refractivity contribution is 5.98. The van der Waals surface area contributed by atoms with E-state index in [9.17, 15) is 32.9 Å². The second kappa shape index (κ2) is 10.0. The van der Waals surface area contributed by atoms with E-state index in [1.54, 1.807) is 6.92 Å². The highest BCUT2D eigenvalue weighted by atomic mass is 19.2. The molecule has 1 heterocycles. The summed E-state index contributed by atoms with van der Waals surface area (Å²) < 4.78 is 50.5. The van der Waals surface area contributed by atoms with Crippen molar-refractivity contribution in [3.8, 4) is 11.5 Å². The molecule has 2 amide bonds. The number of benzene rings is 2. The molecule has 0 unspecified atom stereocenters. The minimum Gasteiger partial charge on any atom is -0.454 e. The average Bonchev–Trinajstić information content (AvgIpc) is 3.24. The second-order valence-electron chi connectivity index (χ2n) is 6.89. The molecular weight excluding hydrogens is 447 g/mol. The Morgan fingerprint density at radius 3 is 2.55 bits per heavy atom. The number of anilines is 1. The third kappa shape index (κ3) is 5.40. The van der Waals surface area contributed by atoms with Crippen LogP contribution in [0.4, 0.5) is 24.5 Å². The van der Waals surface area contributed by atoms with E-state index in [4.69, 9.17) is 9.47 Å². The number of ether oxygens (including phenoxy) is 2. The first-order chi connectivity index (χ1) is 15.7. The Kier molecular flexibility index (Phi) is 7.16. The minimum absolute atomic E-state index is 0.0855. The predicted octanol–water partition coefficient (Wildman–Crippen LogP) is 3.63. The first-order valence-corrected chi connectivity index (χ1v) is 9.69. The molecule has 0 saturated heterocycles. The maximum atomic E-state index is 13.8. The molecule has 33 heavy (non-hydrogen) atoms. The Morgan fingerprint density at radius 1 is 1.18 bits per heavy atom. The molecule has 0 fully saturated rings. The fourth-order valence-corrected chi connectivity index (χ4v) is 3.03. The van der Waals surface area contributed by atoms with Gasteiger partial charge in [-0.2, -0.15) is 0 Å². The lowest BCUT2D eigenvalue weighted by Crippen LogP contribution is -2.37. The van der Waals surface area contributed by atoms with Crippen molar-refractivity contribution in [2.24, 2.45) is 0 Å². The van der Waals surface area contributed by atoms with Gasteiger partial charge in [0.25, 0.3) is 5.69 Å². The Morgan fingerprint density at radius 2 is 1.88 bits per heavy atom. The number of hydrogen-bond acceptors (Lipinski definition) is 6. The number of hydrogen-bond donors (Lipinski definition) is 1. The summed E-state index contributed by atoms with van der Waals surface area (Å²) in [7, 11) is 0. The van der Waals surface area contributed by atoms with E-state index in [0.717, 1.165) is 17.0 Å². The van der Waals surface area contributed by atoms with Crippen LogP contribution in [-0.4, -0.2) is 41.5 Å². The fraction of sp³-hybridized carbons (Fsp3) is 0.238. The van der Waals surface area contributed by atoms with E-state index in [2.05, 4.69) is 5.32 Å². The van der Waals surface area contributed by atoms with Crippen LogP contribution >= 0.6 is 0 Å². The molecular formula is C21H18F3N3O6. The number of carbonyl (C=O) groups is 2. The number of fused-ring (bicyclic) bond motifs is 1. The standard InChI is InChI=1S/C21H18F3N3O6/c1-2-7-26(10-18(28)25-14-5-4-13(22)20(23)21(14)24)19(29)6-3-12-8-16-17(33-11-32-16)9-15(12)27(30)31/h3-6,8-9H,2,7,10-11H2,1H3,(H,25,28)/b6-3+. The molecule has 9 nitrogen and oxygen atoms in total. The van der Waals surface area contributed by atoms with Crippen LogP contribution in [0.5, 0.6) is 11.5 Å². The lowest BCUT2D eigenvalue weighted by atomic mass is 10.1. The number of nitro benzene ring substituents is 1. The van der Waals surface area contributed by atoms with Crippen molar-refractivity contribution in [1.82, 2.24) is 4.90 Å². The van der Waals surface area contributed by atoms with E-state index >= 15 is 0 Å². The number of carbonyl (C=O) groups excluding carboxylic acids is 2. The predicted molar refractivity (Wildman–Crippen MR) is 110 cm³/mol. The zero-order chi connectivity index (χ0) is 24.1. The van der Waals surface area contributed by atoms with Gasteiger partial charge in [0.2, 0.25) is 18.6 Å². The second-order valence-corrected chi connectivity index (χ2v) is 6.89. The molecule has 1 aliphatic heterocycles. The van der Waals surface area contributed by atoms with Crippen molar-refractivity contribution in [1.29, 1.82) is 0 Å². The van der Waals surface area contributed by atoms with E-state index in [0.29, 0.717) is 12.5 Å². The maximum Gasteiger partial charge on any atom is 0.280 e. The van der Waals surface area contributed by atoms with Crippen LogP contribution in [0.3, 0.4) is 0 Å². The third-order valence-electron chi connectivity index (χ3n) is 4.57. The summed E-state index contributed by atoms with van der Waals surface area (Å²) in [6.45, 7) is 1.29. The van der Waals surface area contributed by atoms with Gasteiger partial charge in [-0.3, -0.25) is 19.7 Å². The summed E-state index contributed by atoms with van der Waals surface area (Å²) in [6, 6.07) is 4.05. The van der Waals surface area contributed by atoms with E-state index in [1.807, 2.05) is 0 Å². The van der Waals surface area contributed by atoms with Crippen LogP contribution < -0.4 is 14.8 Å². The van der Waals surface area contributed by atoms with Gasteiger partial charge in [0.1, 0.15) is 6.54 Å². The molecule has 1 N–H and O–H groups in total. The third-order valence-corrected chi connectivity index (χ3v) is 4.57. The van der Waals surface area contributed by atoms with E-state index < -0.39 is 46.4 Å². The smallest absolute Gasteiger partial charge is 0.280 e. The van der Waals surface area contributed by atoms with Crippen LogP contribution in [-0.2, 0) is 9.59 Å². The molecule has 0 aliphatic carbocycles. The van der Waals surface area contributed by atoms with Crippen molar-refractivity contribution in [2.75, 3.05) is 25.2 Å². The summed E-state index contributed by atoms with van der Waals surface area (Å²) in [5, 5.41) is 13.4. The van der Waals surface area contributed by atoms with Crippen LogP contribution in [0.25, 0.3) is 6.08 Å². The molecule has 1 aliphatic rings. The highest BCUT2D eigenvalue weighted by Crippen LogP contribution is 2.38. The van der Waals surface area contributed by atoms with Crippen molar-refractivity contribution in [3.63, 3.8) is 0 Å². The molecule has 0 aromatic heterocycles. The Balaban J connectivity index is 1.74. The van der Waals surface area contributed by atoms with Gasteiger partial charge in [0, 0.05) is 12.6 Å². The van der Waals surface area contributed by atoms with Crippen LogP contribution in [0, 0.1) is 27.6 Å². The SMILES string of the molecule is CCCN(CC(=O)Nc1ccc(F)c(F)c1F)C(=O)/C=C/c1cc2c(cc1[N+](=O)[O-])OCO2. The lowest BCUT2D eigenvalue weighted by Gasteiger charge is -2.20. The van der Waals surface area contributed by atoms with Crippen molar-refractivity contribution in [2.45, 2.75) is 13.3 Å². The van der Waals surface area contributed by atoms with E-state index in [-0.39, 0.29) is 36.1 Å². The Hall–Kier alpha value is -4.09. The minimum atomic E-state index is -1.73. The lowest BCUT2D eigenvalue weighted by molar-refractivity contribution is -0.385. The topological polar surface area (TPSA) is 111 Å². The number of nitro groups is 1. The molecule has 0 bridgehead atoms. The van der Waals surface area contributed by atoms with Crippen LogP contribution in [0.15, 0.2) is 30.3 Å². The van der Waals surface area contributed by atoms with Crippen molar-refractivity contribution in [3.05, 3.63) is 63.5 Å². The summed E-state index contributed by atoms with van der Waals surface area (Å²) >= 11 is 0.